The van der Waals surface area contributed by atoms with Gasteiger partial charge in [-0.15, -0.1) is 0 Å². The lowest BCUT2D eigenvalue weighted by molar-refractivity contribution is 0.111. The fourth-order valence-electron chi connectivity index (χ4n) is 3.79. The highest BCUT2D eigenvalue weighted by Crippen LogP contribution is 2.27. The number of halogens is 1. The lowest BCUT2D eigenvalue weighted by atomic mass is 9.87. The lowest BCUT2D eigenvalue weighted by Crippen LogP contribution is -2.24. The molecule has 6 nitrogen and oxygen atoms in total. The molecule has 0 atom stereocenters. The SMILES string of the molecule is Cn1c(=O)c(-c2ccccc2Cl)cc2cnc(NCC3CCC(O)CC3)nc21. The molecule has 0 spiro atoms. The Labute approximate surface area is 168 Å². The predicted octanol–water partition coefficient (Wildman–Crippen LogP) is 3.61. The molecule has 1 aliphatic rings. The molecule has 0 unspecified atom stereocenters. The first kappa shape index (κ1) is 18.9. The van der Waals surface area contributed by atoms with Crippen LogP contribution in [0.2, 0.25) is 5.02 Å². The molecule has 2 aromatic heterocycles. The fourth-order valence-corrected chi connectivity index (χ4v) is 4.03. The number of hydrogen-bond donors (Lipinski definition) is 2. The van der Waals surface area contributed by atoms with Crippen molar-refractivity contribution in [2.75, 3.05) is 11.9 Å². The van der Waals surface area contributed by atoms with Gasteiger partial charge in [-0.25, -0.2) is 4.98 Å². The number of fused-ring (bicyclic) bond motifs is 1. The molecular formula is C21H23ClN4O2. The maximum absolute atomic E-state index is 12.9. The van der Waals surface area contributed by atoms with E-state index >= 15 is 0 Å². The van der Waals surface area contributed by atoms with Crippen LogP contribution in [0.15, 0.2) is 41.3 Å². The Morgan fingerprint density at radius 2 is 1.96 bits per heavy atom. The maximum atomic E-state index is 12.9. The van der Waals surface area contributed by atoms with Gasteiger partial charge in [-0.05, 0) is 43.7 Å². The zero-order valence-electron chi connectivity index (χ0n) is 15.7. The first-order chi connectivity index (χ1) is 13.5. The second-order valence-corrected chi connectivity index (χ2v) is 7.84. The summed E-state index contributed by atoms with van der Waals surface area (Å²) in [7, 11) is 1.71. The quantitative estimate of drug-likeness (QED) is 0.701. The largest absolute Gasteiger partial charge is 0.393 e. The van der Waals surface area contributed by atoms with Crippen LogP contribution in [-0.4, -0.2) is 32.3 Å². The van der Waals surface area contributed by atoms with Crippen molar-refractivity contribution in [1.82, 2.24) is 14.5 Å². The summed E-state index contributed by atoms with van der Waals surface area (Å²) >= 11 is 6.28. The van der Waals surface area contributed by atoms with Crippen molar-refractivity contribution in [1.29, 1.82) is 0 Å². The molecule has 0 saturated heterocycles. The molecular weight excluding hydrogens is 376 g/mol. The average molecular weight is 399 g/mol. The van der Waals surface area contributed by atoms with E-state index in [0.29, 0.717) is 33.7 Å². The van der Waals surface area contributed by atoms with E-state index in [0.717, 1.165) is 37.6 Å². The van der Waals surface area contributed by atoms with Crippen LogP contribution < -0.4 is 10.9 Å². The summed E-state index contributed by atoms with van der Waals surface area (Å²) < 4.78 is 1.54. The van der Waals surface area contributed by atoms with E-state index < -0.39 is 0 Å². The van der Waals surface area contributed by atoms with Gasteiger partial charge in [-0.2, -0.15) is 4.98 Å². The van der Waals surface area contributed by atoms with Gasteiger partial charge in [0.05, 0.1) is 6.10 Å². The number of aliphatic hydroxyl groups is 1. The number of benzene rings is 1. The Balaban J connectivity index is 1.62. The third kappa shape index (κ3) is 3.75. The molecule has 7 heteroatoms. The fraction of sp³-hybridized carbons (Fsp3) is 0.381. The molecule has 2 N–H and O–H groups in total. The van der Waals surface area contributed by atoms with Crippen molar-refractivity contribution < 1.29 is 5.11 Å². The van der Waals surface area contributed by atoms with Crippen molar-refractivity contribution >= 4 is 28.6 Å². The van der Waals surface area contributed by atoms with Crippen LogP contribution in [0.5, 0.6) is 0 Å². The number of rotatable bonds is 4. The van der Waals surface area contributed by atoms with E-state index in [4.69, 9.17) is 11.6 Å². The molecule has 0 bridgehead atoms. The van der Waals surface area contributed by atoms with Crippen LogP contribution in [-0.2, 0) is 7.05 Å². The van der Waals surface area contributed by atoms with E-state index in [1.807, 2.05) is 18.2 Å². The second kappa shape index (κ2) is 7.89. The van der Waals surface area contributed by atoms with Crippen molar-refractivity contribution in [2.24, 2.45) is 13.0 Å². The van der Waals surface area contributed by atoms with Crippen molar-refractivity contribution in [3.8, 4) is 11.1 Å². The zero-order chi connectivity index (χ0) is 19.7. The van der Waals surface area contributed by atoms with Gasteiger partial charge in [-0.1, -0.05) is 29.8 Å². The normalized spacial score (nSPS) is 19.7. The molecule has 0 amide bonds. The van der Waals surface area contributed by atoms with E-state index in [1.54, 1.807) is 25.4 Å². The number of nitrogens with zero attached hydrogens (tertiary/aromatic N) is 3. The van der Waals surface area contributed by atoms with Gasteiger partial charge in [-0.3, -0.25) is 9.36 Å². The van der Waals surface area contributed by atoms with Gasteiger partial charge in [0.1, 0.15) is 5.65 Å². The Bertz CT molecular complexity index is 1060. The van der Waals surface area contributed by atoms with E-state index in [9.17, 15) is 9.90 Å². The van der Waals surface area contributed by atoms with Crippen molar-refractivity contribution in [3.05, 3.63) is 51.9 Å². The Hall–Kier alpha value is -2.44. The molecule has 3 aromatic rings. The van der Waals surface area contributed by atoms with E-state index in [1.165, 1.54) is 4.57 Å². The first-order valence-electron chi connectivity index (χ1n) is 9.56. The minimum absolute atomic E-state index is 0.147. The van der Waals surface area contributed by atoms with Crippen LogP contribution >= 0.6 is 11.6 Å². The average Bonchev–Trinajstić information content (AvgIpc) is 2.71. The number of aliphatic hydroxyl groups excluding tert-OH is 1. The third-order valence-electron chi connectivity index (χ3n) is 5.48. The molecule has 28 heavy (non-hydrogen) atoms. The van der Waals surface area contributed by atoms with Crippen LogP contribution in [0.4, 0.5) is 5.95 Å². The summed E-state index contributed by atoms with van der Waals surface area (Å²) in [5.74, 6) is 1.02. The summed E-state index contributed by atoms with van der Waals surface area (Å²) in [6, 6.07) is 9.10. The number of nitrogens with one attached hydrogen (secondary N) is 1. The van der Waals surface area contributed by atoms with Gasteiger partial charge in [0, 0.05) is 41.3 Å². The van der Waals surface area contributed by atoms with Gasteiger partial charge < -0.3 is 10.4 Å². The van der Waals surface area contributed by atoms with Crippen LogP contribution in [0.25, 0.3) is 22.2 Å². The highest BCUT2D eigenvalue weighted by molar-refractivity contribution is 6.33. The highest BCUT2D eigenvalue weighted by atomic mass is 35.5. The van der Waals surface area contributed by atoms with Gasteiger partial charge in [0.2, 0.25) is 5.95 Å². The van der Waals surface area contributed by atoms with Crippen molar-refractivity contribution in [3.63, 3.8) is 0 Å². The third-order valence-corrected chi connectivity index (χ3v) is 5.81. The molecule has 2 heterocycles. The Kier molecular flexibility index (Phi) is 5.33. The first-order valence-corrected chi connectivity index (χ1v) is 9.94. The molecule has 0 radical (unpaired) electrons. The number of hydrogen-bond acceptors (Lipinski definition) is 5. The Morgan fingerprint density at radius 3 is 2.71 bits per heavy atom. The van der Waals surface area contributed by atoms with Crippen LogP contribution in [0, 0.1) is 5.92 Å². The monoisotopic (exact) mass is 398 g/mol. The summed E-state index contributed by atoms with van der Waals surface area (Å²) in [5, 5.41) is 14.2. The zero-order valence-corrected chi connectivity index (χ0v) is 16.5. The highest BCUT2D eigenvalue weighted by Gasteiger charge is 2.19. The van der Waals surface area contributed by atoms with Gasteiger partial charge in [0.15, 0.2) is 0 Å². The topological polar surface area (TPSA) is 80.0 Å². The minimum atomic E-state index is -0.157. The van der Waals surface area contributed by atoms with Crippen molar-refractivity contribution in [2.45, 2.75) is 31.8 Å². The molecule has 0 aliphatic heterocycles. The van der Waals surface area contributed by atoms with Crippen LogP contribution in [0.1, 0.15) is 25.7 Å². The summed E-state index contributed by atoms with van der Waals surface area (Å²) in [5.41, 5.74) is 1.67. The number of aryl methyl sites for hydroxylation is 1. The molecule has 146 valence electrons. The van der Waals surface area contributed by atoms with Gasteiger partial charge >= 0.3 is 0 Å². The standard InChI is InChI=1S/C21H23ClN4O2/c1-26-19-14(10-17(20(26)28)16-4-2-3-5-18(16)22)12-24-21(25-19)23-11-13-6-8-15(27)9-7-13/h2-5,10,12-13,15,27H,6-9,11H2,1H3,(H,23,24,25). The lowest BCUT2D eigenvalue weighted by Gasteiger charge is -2.25. The van der Waals surface area contributed by atoms with Crippen LogP contribution in [0.3, 0.4) is 0 Å². The smallest absolute Gasteiger partial charge is 0.259 e. The van der Waals surface area contributed by atoms with Gasteiger partial charge in [0.25, 0.3) is 5.56 Å². The van der Waals surface area contributed by atoms with E-state index in [-0.39, 0.29) is 11.7 Å². The summed E-state index contributed by atoms with van der Waals surface area (Å²) in [4.78, 5) is 21.8. The summed E-state index contributed by atoms with van der Waals surface area (Å²) in [6.07, 6.45) is 5.28. The molecule has 1 aromatic carbocycles. The van der Waals surface area contributed by atoms with E-state index in [2.05, 4.69) is 15.3 Å². The second-order valence-electron chi connectivity index (χ2n) is 7.43. The number of pyridine rings is 1. The molecule has 1 saturated carbocycles. The minimum Gasteiger partial charge on any atom is -0.393 e. The number of anilines is 1. The maximum Gasteiger partial charge on any atom is 0.259 e. The molecule has 1 fully saturated rings. The number of aromatic nitrogens is 3. The molecule has 4 rings (SSSR count). The molecule has 1 aliphatic carbocycles. The summed E-state index contributed by atoms with van der Waals surface area (Å²) in [6.45, 7) is 0.768. The Morgan fingerprint density at radius 1 is 1.21 bits per heavy atom. The predicted molar refractivity (Wildman–Crippen MR) is 112 cm³/mol.